The van der Waals surface area contributed by atoms with Gasteiger partial charge in [-0.05, 0) is 18.6 Å². The number of aromatic amines is 1. The first-order valence-corrected chi connectivity index (χ1v) is 6.18. The molecule has 100 valence electrons. The van der Waals surface area contributed by atoms with E-state index in [9.17, 15) is 9.59 Å². The fraction of sp³-hybridized carbons (Fsp3) is 0.308. The summed E-state index contributed by atoms with van der Waals surface area (Å²) in [5.74, 6) is 0. The van der Waals surface area contributed by atoms with E-state index >= 15 is 0 Å². The lowest BCUT2D eigenvalue weighted by atomic mass is 10.3. The maximum atomic E-state index is 11.6. The van der Waals surface area contributed by atoms with Gasteiger partial charge in [-0.1, -0.05) is 6.92 Å². The normalized spacial score (nSPS) is 10.4. The first-order chi connectivity index (χ1) is 9.19. The van der Waals surface area contributed by atoms with Crippen molar-refractivity contribution < 1.29 is 0 Å². The Morgan fingerprint density at radius 3 is 2.95 bits per heavy atom. The summed E-state index contributed by atoms with van der Waals surface area (Å²) in [5, 5.41) is 5.72. The smallest absolute Gasteiger partial charge is 0.265 e. The molecule has 0 aliphatic carbocycles. The molecule has 6 nitrogen and oxygen atoms in total. The second-order valence-corrected chi connectivity index (χ2v) is 4.20. The van der Waals surface area contributed by atoms with E-state index in [4.69, 9.17) is 0 Å². The van der Waals surface area contributed by atoms with Crippen LogP contribution in [-0.4, -0.2) is 21.3 Å². The minimum absolute atomic E-state index is 0.247. The molecule has 0 spiro atoms. The van der Waals surface area contributed by atoms with Crippen LogP contribution in [0.2, 0.25) is 0 Å². The molecule has 0 radical (unpaired) electrons. The van der Waals surface area contributed by atoms with Crippen molar-refractivity contribution in [3.05, 3.63) is 56.9 Å². The zero-order chi connectivity index (χ0) is 13.7. The van der Waals surface area contributed by atoms with Gasteiger partial charge in [-0.15, -0.1) is 0 Å². The molecule has 19 heavy (non-hydrogen) atoms. The molecule has 2 N–H and O–H groups in total. The summed E-state index contributed by atoms with van der Waals surface area (Å²) in [4.78, 5) is 27.0. The number of hydrogen-bond acceptors (Lipinski definition) is 4. The van der Waals surface area contributed by atoms with Gasteiger partial charge in [0.15, 0.2) is 0 Å². The van der Waals surface area contributed by atoms with Crippen LogP contribution < -0.4 is 16.4 Å². The Kier molecular flexibility index (Phi) is 4.12. The molecular weight excluding hydrogens is 244 g/mol. The van der Waals surface area contributed by atoms with Crippen molar-refractivity contribution >= 4 is 5.69 Å². The van der Waals surface area contributed by atoms with Gasteiger partial charge in [0.1, 0.15) is 0 Å². The van der Waals surface area contributed by atoms with Gasteiger partial charge in [0.05, 0.1) is 12.2 Å². The zero-order valence-corrected chi connectivity index (χ0v) is 10.7. The summed E-state index contributed by atoms with van der Waals surface area (Å²) in [6.45, 7) is 3.21. The van der Waals surface area contributed by atoms with Gasteiger partial charge in [0, 0.05) is 30.6 Å². The minimum Gasteiger partial charge on any atom is -0.385 e. The van der Waals surface area contributed by atoms with Gasteiger partial charge >= 0.3 is 0 Å². The molecular formula is C13H16N4O2. The van der Waals surface area contributed by atoms with E-state index in [2.05, 4.69) is 22.3 Å². The van der Waals surface area contributed by atoms with Crippen molar-refractivity contribution in [2.45, 2.75) is 19.9 Å². The predicted octanol–water partition coefficient (Wildman–Crippen LogP) is 0.802. The lowest BCUT2D eigenvalue weighted by molar-refractivity contribution is 0.617. The number of H-pyrrole nitrogens is 1. The van der Waals surface area contributed by atoms with Crippen molar-refractivity contribution in [2.24, 2.45) is 0 Å². The standard InChI is InChI=1S/C13H16N4O2/c1-2-6-14-10-5-7-15-11(8-10)9-17-13(19)4-3-12(18)16-17/h3-5,7-8H,2,6,9H2,1H3,(H,14,15)(H,16,18). The maximum absolute atomic E-state index is 11.6. The number of hydrogen-bond donors (Lipinski definition) is 2. The minimum atomic E-state index is -0.306. The van der Waals surface area contributed by atoms with Crippen LogP contribution in [0.3, 0.4) is 0 Å². The second-order valence-electron chi connectivity index (χ2n) is 4.20. The number of nitrogens with zero attached hydrogens (tertiary/aromatic N) is 2. The van der Waals surface area contributed by atoms with Crippen molar-refractivity contribution in [1.82, 2.24) is 14.8 Å². The highest BCUT2D eigenvalue weighted by atomic mass is 16.1. The van der Waals surface area contributed by atoms with Gasteiger partial charge in [0.2, 0.25) is 0 Å². The van der Waals surface area contributed by atoms with Gasteiger partial charge in [-0.2, -0.15) is 0 Å². The van der Waals surface area contributed by atoms with Crippen LogP contribution in [0.4, 0.5) is 5.69 Å². The van der Waals surface area contributed by atoms with Crippen molar-refractivity contribution in [2.75, 3.05) is 11.9 Å². The Morgan fingerprint density at radius 2 is 2.16 bits per heavy atom. The Morgan fingerprint density at radius 1 is 1.32 bits per heavy atom. The first kappa shape index (κ1) is 13.1. The Bertz CT molecular complexity index is 660. The van der Waals surface area contributed by atoms with Gasteiger partial charge in [0.25, 0.3) is 11.1 Å². The number of anilines is 1. The summed E-state index contributed by atoms with van der Waals surface area (Å²) in [7, 11) is 0. The van der Waals surface area contributed by atoms with Crippen LogP contribution in [0.5, 0.6) is 0 Å². The summed E-state index contributed by atoms with van der Waals surface area (Å²) in [6, 6.07) is 6.20. The third-order valence-electron chi connectivity index (χ3n) is 2.60. The van der Waals surface area contributed by atoms with Crippen LogP contribution >= 0.6 is 0 Å². The van der Waals surface area contributed by atoms with E-state index in [0.717, 1.165) is 18.7 Å². The molecule has 0 unspecified atom stereocenters. The number of rotatable bonds is 5. The molecule has 0 amide bonds. The van der Waals surface area contributed by atoms with E-state index in [0.29, 0.717) is 5.69 Å². The van der Waals surface area contributed by atoms with Gasteiger partial charge < -0.3 is 5.32 Å². The first-order valence-electron chi connectivity index (χ1n) is 6.18. The van der Waals surface area contributed by atoms with Gasteiger partial charge in [-0.25, -0.2) is 4.68 Å². The SMILES string of the molecule is CCCNc1ccnc(Cn2[nH]c(=O)ccc2=O)c1. The lowest BCUT2D eigenvalue weighted by Gasteiger charge is -2.08. The average molecular weight is 260 g/mol. The summed E-state index contributed by atoms with van der Waals surface area (Å²) in [6.07, 6.45) is 2.71. The predicted molar refractivity (Wildman–Crippen MR) is 73.4 cm³/mol. The van der Waals surface area contributed by atoms with E-state index in [-0.39, 0.29) is 17.7 Å². The zero-order valence-electron chi connectivity index (χ0n) is 10.7. The summed E-state index contributed by atoms with van der Waals surface area (Å²) < 4.78 is 1.24. The summed E-state index contributed by atoms with van der Waals surface area (Å²) in [5.41, 5.74) is 1.11. The van der Waals surface area contributed by atoms with Crippen LogP contribution in [0.1, 0.15) is 19.0 Å². The maximum Gasteiger partial charge on any atom is 0.265 e. The lowest BCUT2D eigenvalue weighted by Crippen LogP contribution is -2.28. The monoisotopic (exact) mass is 260 g/mol. The largest absolute Gasteiger partial charge is 0.385 e. The van der Waals surface area contributed by atoms with E-state index in [1.54, 1.807) is 6.20 Å². The highest BCUT2D eigenvalue weighted by molar-refractivity contribution is 5.43. The second kappa shape index (κ2) is 5.99. The quantitative estimate of drug-likeness (QED) is 0.833. The van der Waals surface area contributed by atoms with Crippen LogP contribution in [0.25, 0.3) is 0 Å². The molecule has 2 aromatic heterocycles. The fourth-order valence-corrected chi connectivity index (χ4v) is 1.69. The molecule has 0 aliphatic rings. The molecule has 0 saturated carbocycles. The molecule has 0 aromatic carbocycles. The molecule has 2 aromatic rings. The third kappa shape index (κ3) is 3.54. The fourth-order valence-electron chi connectivity index (χ4n) is 1.69. The van der Waals surface area contributed by atoms with Crippen LogP contribution in [0, 0.1) is 0 Å². The van der Waals surface area contributed by atoms with Crippen molar-refractivity contribution in [3.63, 3.8) is 0 Å². The van der Waals surface area contributed by atoms with E-state index in [1.165, 1.54) is 16.8 Å². The molecule has 0 aliphatic heterocycles. The van der Waals surface area contributed by atoms with Crippen LogP contribution in [0.15, 0.2) is 40.1 Å². The Hall–Kier alpha value is -2.37. The average Bonchev–Trinajstić information content (AvgIpc) is 2.41. The Labute approximate surface area is 110 Å². The molecule has 0 saturated heterocycles. The highest BCUT2D eigenvalue weighted by Gasteiger charge is 2.01. The summed E-state index contributed by atoms with van der Waals surface area (Å²) >= 11 is 0. The topological polar surface area (TPSA) is 79.8 Å². The van der Waals surface area contributed by atoms with Gasteiger partial charge in [-0.3, -0.25) is 19.7 Å². The Balaban J connectivity index is 2.21. The molecule has 0 bridgehead atoms. The number of aromatic nitrogens is 3. The molecule has 2 rings (SSSR count). The molecule has 0 atom stereocenters. The third-order valence-corrected chi connectivity index (χ3v) is 2.60. The van der Waals surface area contributed by atoms with Crippen molar-refractivity contribution in [1.29, 1.82) is 0 Å². The highest BCUT2D eigenvalue weighted by Crippen LogP contribution is 2.08. The van der Waals surface area contributed by atoms with E-state index < -0.39 is 0 Å². The van der Waals surface area contributed by atoms with Crippen LogP contribution in [-0.2, 0) is 6.54 Å². The number of nitrogens with one attached hydrogen (secondary N) is 2. The van der Waals surface area contributed by atoms with Crippen molar-refractivity contribution in [3.8, 4) is 0 Å². The van der Waals surface area contributed by atoms with E-state index in [1.807, 2.05) is 12.1 Å². The molecule has 2 heterocycles. The molecule has 0 fully saturated rings. The molecule has 6 heteroatoms. The number of pyridine rings is 1.